The maximum Gasteiger partial charge on any atom is 0.253 e. The van der Waals surface area contributed by atoms with Crippen LogP contribution in [-0.4, -0.2) is 94.8 Å². The topological polar surface area (TPSA) is 45.2 Å². The molecule has 1 amide bonds. The zero-order valence-electron chi connectivity index (χ0n) is 21.2. The molecule has 1 aliphatic heterocycles. The Morgan fingerprint density at radius 1 is 1.18 bits per heavy atom. The second-order valence-corrected chi connectivity index (χ2v) is 12.0. The summed E-state index contributed by atoms with van der Waals surface area (Å²) in [5.74, 6) is -0.847. The quantitative estimate of drug-likeness (QED) is 0.439. The van der Waals surface area contributed by atoms with Crippen molar-refractivity contribution in [1.82, 2.24) is 15.2 Å². The van der Waals surface area contributed by atoms with E-state index in [0.29, 0.717) is 5.56 Å². The number of halogens is 3. The Hall–Kier alpha value is -1.60. The third-order valence-corrected chi connectivity index (χ3v) is 7.08. The zero-order valence-corrected chi connectivity index (χ0v) is 22.0. The number of piperidine rings is 1. The highest BCUT2D eigenvalue weighted by atomic mass is 35.5. The van der Waals surface area contributed by atoms with Gasteiger partial charge in [0, 0.05) is 37.0 Å². The summed E-state index contributed by atoms with van der Waals surface area (Å²) in [7, 11) is 14.1. The van der Waals surface area contributed by atoms with Gasteiger partial charge in [-0.2, -0.15) is 0 Å². The molecule has 0 saturated carbocycles. The van der Waals surface area contributed by atoms with Gasteiger partial charge < -0.3 is 10.2 Å². The summed E-state index contributed by atoms with van der Waals surface area (Å²) in [6.07, 6.45) is 2.27. The monoisotopic (exact) mass is 477 g/mol. The number of alkyl halides is 1. The summed E-state index contributed by atoms with van der Waals surface area (Å²) in [5.41, 5.74) is 0.817. The maximum absolute atomic E-state index is 16.0. The van der Waals surface area contributed by atoms with Crippen molar-refractivity contribution in [3.63, 3.8) is 0 Å². The van der Waals surface area contributed by atoms with Gasteiger partial charge in [-0.1, -0.05) is 22.8 Å². The van der Waals surface area contributed by atoms with Crippen molar-refractivity contribution in [2.75, 3.05) is 13.1 Å². The van der Waals surface area contributed by atoms with E-state index in [1.54, 1.807) is 4.90 Å². The van der Waals surface area contributed by atoms with Gasteiger partial charge in [0.25, 0.3) is 5.91 Å². The Labute approximate surface area is 212 Å². The third-order valence-electron chi connectivity index (χ3n) is 6.79. The van der Waals surface area contributed by atoms with E-state index in [2.05, 4.69) is 39.9 Å². The van der Waals surface area contributed by atoms with Gasteiger partial charge in [0.15, 0.2) is 0 Å². The summed E-state index contributed by atoms with van der Waals surface area (Å²) in [5, 5.41) is 2.05. The van der Waals surface area contributed by atoms with Gasteiger partial charge in [-0.3, -0.25) is 9.78 Å². The van der Waals surface area contributed by atoms with Crippen molar-refractivity contribution < 1.29 is 13.6 Å². The highest BCUT2D eigenvalue weighted by Gasteiger charge is 2.46. The van der Waals surface area contributed by atoms with Gasteiger partial charge in [0.2, 0.25) is 0 Å². The standard InChI is InChI=1S/C20H29B7ClF2N3O/c21-18(22)9-17(30,5-6-33(18)16(34)11-1-3-14(29)13(28)7-11)10-32-20(26,27)15-4-2-12(8-31-15)19(23,24)25/h1-4,7-8,32H,5-6,9-10,21-27H2. The lowest BCUT2D eigenvalue weighted by Gasteiger charge is -2.49. The van der Waals surface area contributed by atoms with E-state index in [0.717, 1.165) is 11.3 Å². The van der Waals surface area contributed by atoms with E-state index in [1.807, 2.05) is 43.6 Å². The summed E-state index contributed by atoms with van der Waals surface area (Å²) < 4.78 is 29.5. The molecule has 1 aliphatic rings. The number of benzene rings is 1. The molecule has 3 rings (SSSR count). The summed E-state index contributed by atoms with van der Waals surface area (Å²) >= 11 is 5.86. The molecule has 34 heavy (non-hydrogen) atoms. The Morgan fingerprint density at radius 3 is 2.38 bits per heavy atom. The molecule has 0 spiro atoms. The molecule has 4 nitrogen and oxygen atoms in total. The second kappa shape index (κ2) is 9.46. The van der Waals surface area contributed by atoms with E-state index in [9.17, 15) is 9.18 Å². The molecule has 0 radical (unpaired) electrons. The molecule has 1 unspecified atom stereocenters. The van der Waals surface area contributed by atoms with Crippen LogP contribution in [0.5, 0.6) is 0 Å². The van der Waals surface area contributed by atoms with Crippen molar-refractivity contribution >= 4 is 72.4 Å². The molecular formula is C20H29B7ClF2N3O. The van der Waals surface area contributed by atoms with E-state index in [4.69, 9.17) is 11.6 Å². The van der Waals surface area contributed by atoms with Crippen LogP contribution in [0.2, 0.25) is 5.02 Å². The Bertz CT molecular complexity index is 1070. The normalized spacial score (nSPS) is 20.7. The molecule has 0 bridgehead atoms. The first-order chi connectivity index (χ1) is 15.5. The number of aromatic nitrogens is 1. The largest absolute Gasteiger partial charge is 0.349 e. The predicted molar refractivity (Wildman–Crippen MR) is 154 cm³/mol. The molecule has 1 aromatic carbocycles. The average molecular weight is 477 g/mol. The third kappa shape index (κ3) is 5.96. The Kier molecular flexibility index (Phi) is 7.51. The zero-order chi connectivity index (χ0) is 25.5. The van der Waals surface area contributed by atoms with Gasteiger partial charge in [0.05, 0.1) is 28.6 Å². The fourth-order valence-electron chi connectivity index (χ4n) is 4.56. The molecule has 1 aromatic heterocycles. The summed E-state index contributed by atoms with van der Waals surface area (Å²) in [6, 6.07) is 8.00. The number of hydrogen-bond donors (Lipinski definition) is 1. The lowest BCUT2D eigenvalue weighted by Crippen LogP contribution is -2.63. The molecule has 2 aromatic rings. The molecule has 1 atom stereocenters. The van der Waals surface area contributed by atoms with Crippen LogP contribution >= 0.6 is 11.6 Å². The fourth-order valence-corrected chi connectivity index (χ4v) is 4.74. The Balaban J connectivity index is 1.69. The van der Waals surface area contributed by atoms with Crippen LogP contribution in [0.1, 0.15) is 34.5 Å². The Morgan fingerprint density at radius 2 is 1.85 bits per heavy atom. The van der Waals surface area contributed by atoms with Crippen LogP contribution in [0.4, 0.5) is 8.78 Å². The first kappa shape index (κ1) is 27.0. The number of carbonyl (C=O) groups is 1. The number of nitrogens with zero attached hydrogens (tertiary/aromatic N) is 2. The van der Waals surface area contributed by atoms with Gasteiger partial charge in [-0.15, -0.1) is 0 Å². The number of hydrogen-bond acceptors (Lipinski definition) is 3. The highest BCUT2D eigenvalue weighted by molar-refractivity contribution is 6.58. The average Bonchev–Trinajstić information content (AvgIpc) is 2.73. The molecule has 0 aliphatic carbocycles. The minimum absolute atomic E-state index is 0.0162. The van der Waals surface area contributed by atoms with Gasteiger partial charge in [-0.25, -0.2) is 8.78 Å². The van der Waals surface area contributed by atoms with E-state index in [1.165, 1.54) is 18.2 Å². The second-order valence-electron chi connectivity index (χ2n) is 11.6. The molecule has 172 valence electrons. The van der Waals surface area contributed by atoms with Crippen LogP contribution in [0.3, 0.4) is 0 Å². The van der Waals surface area contributed by atoms with Crippen LogP contribution in [0.25, 0.3) is 0 Å². The molecular weight excluding hydrogens is 447 g/mol. The van der Waals surface area contributed by atoms with Crippen molar-refractivity contribution in [2.45, 2.75) is 34.3 Å². The predicted octanol–water partition coefficient (Wildman–Crippen LogP) is -3.59. The maximum atomic E-state index is 16.0. The van der Waals surface area contributed by atoms with E-state index >= 15 is 4.39 Å². The minimum atomic E-state index is -1.48. The van der Waals surface area contributed by atoms with Crippen LogP contribution in [0, 0.1) is 5.82 Å². The van der Waals surface area contributed by atoms with E-state index in [-0.39, 0.29) is 42.0 Å². The molecule has 2 heterocycles. The van der Waals surface area contributed by atoms with Gasteiger partial charge in [-0.05, 0) is 46.9 Å². The van der Waals surface area contributed by atoms with Crippen molar-refractivity contribution in [3.05, 3.63) is 64.2 Å². The number of carbonyl (C=O) groups excluding carboxylic acids is 1. The minimum Gasteiger partial charge on any atom is -0.349 e. The summed E-state index contributed by atoms with van der Waals surface area (Å²) in [4.78, 5) is 19.4. The molecule has 14 heteroatoms. The lowest BCUT2D eigenvalue weighted by atomic mass is 9.40. The number of amides is 1. The van der Waals surface area contributed by atoms with Gasteiger partial charge >= 0.3 is 0 Å². The van der Waals surface area contributed by atoms with Crippen molar-refractivity contribution in [2.24, 2.45) is 0 Å². The van der Waals surface area contributed by atoms with Crippen molar-refractivity contribution in [3.8, 4) is 0 Å². The van der Waals surface area contributed by atoms with Crippen LogP contribution in [-0.2, 0) is 10.5 Å². The SMILES string of the molecule is BC(B)(B)c1ccc(C(B)(B)NCC2(F)CCN(C(=O)c3ccc(F)c(Cl)c3)C(B)(B)C2)nc1. The first-order valence-corrected chi connectivity index (χ1v) is 12.1. The van der Waals surface area contributed by atoms with Gasteiger partial charge in [0.1, 0.15) is 42.9 Å². The fraction of sp³-hybridized carbons (Fsp3) is 0.400. The van der Waals surface area contributed by atoms with Crippen molar-refractivity contribution in [1.29, 1.82) is 0 Å². The number of nitrogens with one attached hydrogen (secondary N) is 1. The lowest BCUT2D eigenvalue weighted by molar-refractivity contribution is 0.0245. The molecule has 1 saturated heterocycles. The summed E-state index contributed by atoms with van der Waals surface area (Å²) in [6.45, 7) is 0.411. The molecule has 1 N–H and O–H groups in total. The first-order valence-electron chi connectivity index (χ1n) is 11.7. The smallest absolute Gasteiger partial charge is 0.253 e. The molecule has 1 fully saturated rings. The van der Waals surface area contributed by atoms with Crippen LogP contribution < -0.4 is 5.32 Å². The number of pyridine rings is 1. The number of rotatable bonds is 6. The number of likely N-dealkylation sites (tertiary alicyclic amines) is 1. The van der Waals surface area contributed by atoms with E-state index < -0.39 is 22.2 Å². The van der Waals surface area contributed by atoms with Crippen LogP contribution in [0.15, 0.2) is 36.5 Å². The highest BCUT2D eigenvalue weighted by Crippen LogP contribution is 2.35.